The summed E-state index contributed by atoms with van der Waals surface area (Å²) in [5, 5.41) is 0. The highest BCUT2D eigenvalue weighted by Crippen LogP contribution is 2.35. The molecule has 0 heterocycles. The molecule has 15 heavy (non-hydrogen) atoms. The molecule has 0 rings (SSSR count). The van der Waals surface area contributed by atoms with E-state index in [2.05, 4.69) is 4.74 Å². The number of rotatable bonds is 3. The molecule has 0 saturated heterocycles. The number of hydrogen-bond acceptors (Lipinski definition) is 1. The lowest BCUT2D eigenvalue weighted by Crippen LogP contribution is -2.46. The minimum absolute atomic E-state index is 0.0586. The Morgan fingerprint density at radius 3 is 1.67 bits per heavy atom. The Morgan fingerprint density at radius 2 is 1.40 bits per heavy atom. The van der Waals surface area contributed by atoms with Crippen molar-refractivity contribution in [2.45, 2.75) is 31.3 Å². The van der Waals surface area contributed by atoms with Crippen molar-refractivity contribution in [2.75, 3.05) is 6.61 Å². The third-order valence-corrected chi connectivity index (χ3v) is 1.26. The van der Waals surface area contributed by atoms with Crippen LogP contribution in [0.15, 0.2) is 0 Å². The Hall–Kier alpha value is -0.600. The number of halogens is 8. The molecule has 0 aromatic rings. The standard InChI is InChI=1S/C6H6F8O/c1-4(8,3(7)6(12,13)14)15-2-5(9,10)11/h3H,2H2,1H3. The van der Waals surface area contributed by atoms with Gasteiger partial charge in [0.1, 0.15) is 6.61 Å². The van der Waals surface area contributed by atoms with E-state index in [1.165, 1.54) is 0 Å². The van der Waals surface area contributed by atoms with Crippen molar-refractivity contribution >= 4 is 0 Å². The van der Waals surface area contributed by atoms with E-state index in [1.54, 1.807) is 0 Å². The zero-order valence-corrected chi connectivity index (χ0v) is 7.22. The van der Waals surface area contributed by atoms with E-state index >= 15 is 0 Å². The fraction of sp³-hybridized carbons (Fsp3) is 1.00. The minimum atomic E-state index is -5.62. The number of hydrogen-bond donors (Lipinski definition) is 0. The van der Waals surface area contributed by atoms with Crippen LogP contribution in [-0.4, -0.2) is 31.0 Å². The molecular formula is C6H6F8O. The SMILES string of the molecule is CC(F)(OCC(F)(F)F)C(F)C(F)(F)F. The summed E-state index contributed by atoms with van der Waals surface area (Å²) in [6.45, 7) is -2.35. The highest BCUT2D eigenvalue weighted by Gasteiger charge is 2.55. The molecule has 0 fully saturated rings. The van der Waals surface area contributed by atoms with E-state index in [1.807, 2.05) is 0 Å². The predicted molar refractivity (Wildman–Crippen MR) is 32.5 cm³/mol. The molecular weight excluding hydrogens is 240 g/mol. The molecule has 9 heteroatoms. The molecule has 2 unspecified atom stereocenters. The lowest BCUT2D eigenvalue weighted by molar-refractivity contribution is -0.300. The summed E-state index contributed by atoms with van der Waals surface area (Å²) in [6.07, 6.45) is -14.8. The second-order valence-corrected chi connectivity index (χ2v) is 2.79. The predicted octanol–water partition coefficient (Wildman–Crippen LogP) is 3.15. The molecule has 0 aliphatic carbocycles. The Kier molecular flexibility index (Phi) is 3.94. The van der Waals surface area contributed by atoms with E-state index < -0.39 is 31.0 Å². The number of alkyl halides is 8. The van der Waals surface area contributed by atoms with E-state index in [0.29, 0.717) is 0 Å². The molecule has 92 valence electrons. The van der Waals surface area contributed by atoms with Gasteiger partial charge in [-0.15, -0.1) is 0 Å². The van der Waals surface area contributed by atoms with Gasteiger partial charge in [-0.25, -0.2) is 8.78 Å². The molecule has 0 spiro atoms. The molecule has 0 N–H and O–H groups in total. The molecule has 1 nitrogen and oxygen atoms in total. The van der Waals surface area contributed by atoms with Gasteiger partial charge in [-0.3, -0.25) is 0 Å². The van der Waals surface area contributed by atoms with Crippen LogP contribution in [0.25, 0.3) is 0 Å². The monoisotopic (exact) mass is 246 g/mol. The summed E-state index contributed by atoms with van der Waals surface area (Å²) in [7, 11) is 0. The van der Waals surface area contributed by atoms with Gasteiger partial charge in [-0.2, -0.15) is 26.3 Å². The van der Waals surface area contributed by atoms with Crippen LogP contribution in [-0.2, 0) is 4.74 Å². The van der Waals surface area contributed by atoms with Crippen LogP contribution < -0.4 is 0 Å². The molecule has 0 bridgehead atoms. The summed E-state index contributed by atoms with van der Waals surface area (Å²) in [6, 6.07) is 0. The molecule has 0 aliphatic rings. The lowest BCUT2D eigenvalue weighted by atomic mass is 10.2. The zero-order chi connectivity index (χ0) is 12.5. The summed E-state index contributed by atoms with van der Waals surface area (Å²) in [5.74, 6) is -4.06. The van der Waals surface area contributed by atoms with Gasteiger partial charge >= 0.3 is 12.4 Å². The molecule has 0 aliphatic heterocycles. The van der Waals surface area contributed by atoms with Gasteiger partial charge in [0.15, 0.2) is 0 Å². The highest BCUT2D eigenvalue weighted by atomic mass is 19.4. The maximum atomic E-state index is 12.7. The molecule has 0 aromatic heterocycles. The lowest BCUT2D eigenvalue weighted by Gasteiger charge is -2.26. The fourth-order valence-electron chi connectivity index (χ4n) is 0.588. The van der Waals surface area contributed by atoms with Gasteiger partial charge < -0.3 is 4.74 Å². The van der Waals surface area contributed by atoms with Crippen LogP contribution in [0, 0.1) is 0 Å². The first-order valence-corrected chi connectivity index (χ1v) is 3.46. The van der Waals surface area contributed by atoms with E-state index in [9.17, 15) is 35.1 Å². The van der Waals surface area contributed by atoms with Crippen molar-refractivity contribution in [2.24, 2.45) is 0 Å². The fourth-order valence-corrected chi connectivity index (χ4v) is 0.588. The smallest absolute Gasteiger partial charge is 0.334 e. The van der Waals surface area contributed by atoms with Gasteiger partial charge in [0.05, 0.1) is 0 Å². The Labute approximate surface area is 79.0 Å². The molecule has 2 atom stereocenters. The van der Waals surface area contributed by atoms with Crippen LogP contribution in [0.5, 0.6) is 0 Å². The maximum Gasteiger partial charge on any atom is 0.425 e. The average Bonchev–Trinajstić information content (AvgIpc) is 1.97. The third kappa shape index (κ3) is 5.14. The Balaban J connectivity index is 4.43. The van der Waals surface area contributed by atoms with Crippen LogP contribution in [0.2, 0.25) is 0 Å². The molecule has 0 radical (unpaired) electrons. The van der Waals surface area contributed by atoms with E-state index in [-0.39, 0.29) is 6.92 Å². The zero-order valence-electron chi connectivity index (χ0n) is 7.22. The summed E-state index contributed by atoms with van der Waals surface area (Å²) in [4.78, 5) is 0. The second-order valence-electron chi connectivity index (χ2n) is 2.79. The first-order valence-electron chi connectivity index (χ1n) is 3.46. The third-order valence-electron chi connectivity index (χ3n) is 1.26. The second kappa shape index (κ2) is 4.11. The van der Waals surface area contributed by atoms with Crippen molar-refractivity contribution in [1.82, 2.24) is 0 Å². The maximum absolute atomic E-state index is 12.7. The van der Waals surface area contributed by atoms with Gasteiger partial charge in [0.25, 0.3) is 6.17 Å². The van der Waals surface area contributed by atoms with Gasteiger partial charge in [0.2, 0.25) is 5.85 Å². The van der Waals surface area contributed by atoms with Crippen LogP contribution in [0.4, 0.5) is 35.1 Å². The van der Waals surface area contributed by atoms with Crippen molar-refractivity contribution in [3.63, 3.8) is 0 Å². The van der Waals surface area contributed by atoms with Gasteiger partial charge in [-0.1, -0.05) is 0 Å². The van der Waals surface area contributed by atoms with Gasteiger partial charge in [-0.05, 0) is 6.92 Å². The van der Waals surface area contributed by atoms with Crippen LogP contribution in [0.1, 0.15) is 6.92 Å². The first-order chi connectivity index (χ1) is 6.36. The molecule has 0 saturated carbocycles. The van der Waals surface area contributed by atoms with Crippen LogP contribution in [0.3, 0.4) is 0 Å². The quantitative estimate of drug-likeness (QED) is 0.695. The highest BCUT2D eigenvalue weighted by molar-refractivity contribution is 4.80. The first kappa shape index (κ1) is 14.4. The largest absolute Gasteiger partial charge is 0.425 e. The van der Waals surface area contributed by atoms with E-state index in [0.717, 1.165) is 0 Å². The van der Waals surface area contributed by atoms with Gasteiger partial charge in [0, 0.05) is 0 Å². The van der Waals surface area contributed by atoms with Crippen LogP contribution >= 0.6 is 0 Å². The molecule has 0 amide bonds. The number of ether oxygens (including phenoxy) is 1. The summed E-state index contributed by atoms with van der Waals surface area (Å²) >= 11 is 0. The summed E-state index contributed by atoms with van der Waals surface area (Å²) in [5.41, 5.74) is 0. The Morgan fingerprint density at radius 1 is 1.00 bits per heavy atom. The van der Waals surface area contributed by atoms with Crippen molar-refractivity contribution in [1.29, 1.82) is 0 Å². The Bertz CT molecular complexity index is 204. The normalized spacial score (nSPS) is 19.8. The average molecular weight is 246 g/mol. The van der Waals surface area contributed by atoms with Crippen molar-refractivity contribution < 1.29 is 39.9 Å². The molecule has 0 aromatic carbocycles. The van der Waals surface area contributed by atoms with Crippen molar-refractivity contribution in [3.8, 4) is 0 Å². The van der Waals surface area contributed by atoms with E-state index in [4.69, 9.17) is 0 Å². The van der Waals surface area contributed by atoms with Crippen molar-refractivity contribution in [3.05, 3.63) is 0 Å². The summed E-state index contributed by atoms with van der Waals surface area (Å²) < 4.78 is 97.3. The minimum Gasteiger partial charge on any atom is -0.334 e. The topological polar surface area (TPSA) is 9.23 Å².